The quantitative estimate of drug-likeness (QED) is 0.754. The average molecular weight is 360 g/mol. The summed E-state index contributed by atoms with van der Waals surface area (Å²) in [7, 11) is 0. The Balaban J connectivity index is 1.96. The number of halogens is 3. The zero-order chi connectivity index (χ0) is 13.8. The summed E-state index contributed by atoms with van der Waals surface area (Å²) in [4.78, 5) is 0. The van der Waals surface area contributed by atoms with E-state index in [1.807, 2.05) is 30.3 Å². The lowest BCUT2D eigenvalue weighted by atomic mass is 10.1. The zero-order valence-electron chi connectivity index (χ0n) is 10.1. The molecule has 100 valence electrons. The normalized spacial score (nSPS) is 10.5. The molecule has 19 heavy (non-hydrogen) atoms. The number of hydrogen-bond acceptors (Lipinski definition) is 2. The van der Waals surface area contributed by atoms with Crippen LogP contribution in [0, 0.1) is 0 Å². The van der Waals surface area contributed by atoms with Gasteiger partial charge in [-0.25, -0.2) is 0 Å². The maximum absolute atomic E-state index is 6.13. The first-order valence-corrected chi connectivity index (χ1v) is 7.34. The van der Waals surface area contributed by atoms with Gasteiger partial charge < -0.3 is 11.1 Å². The second-order valence-electron chi connectivity index (χ2n) is 4.15. The molecule has 2 aromatic rings. The molecule has 0 aliphatic rings. The van der Waals surface area contributed by atoms with E-state index in [0.717, 1.165) is 34.4 Å². The van der Waals surface area contributed by atoms with Crippen molar-refractivity contribution in [3.8, 4) is 0 Å². The lowest BCUT2D eigenvalue weighted by Gasteiger charge is -2.10. The molecule has 2 aromatic carbocycles. The summed E-state index contributed by atoms with van der Waals surface area (Å²) < 4.78 is 0.953. The van der Waals surface area contributed by atoms with Crippen molar-refractivity contribution in [2.45, 2.75) is 6.42 Å². The molecule has 0 aliphatic carbocycles. The summed E-state index contributed by atoms with van der Waals surface area (Å²) in [5, 5.41) is 4.69. The molecule has 0 atom stereocenters. The van der Waals surface area contributed by atoms with Crippen molar-refractivity contribution in [2.75, 3.05) is 17.6 Å². The molecule has 0 saturated heterocycles. The van der Waals surface area contributed by atoms with Gasteiger partial charge in [-0.1, -0.05) is 29.3 Å². The number of nitrogens with one attached hydrogen (secondary N) is 1. The fourth-order valence-electron chi connectivity index (χ4n) is 1.73. The summed E-state index contributed by atoms with van der Waals surface area (Å²) in [5.41, 5.74) is 8.52. The van der Waals surface area contributed by atoms with E-state index >= 15 is 0 Å². The average Bonchev–Trinajstić information content (AvgIpc) is 2.34. The molecule has 0 spiro atoms. The smallest absolute Gasteiger partial charge is 0.0486 e. The molecule has 0 unspecified atom stereocenters. The number of hydrogen-bond donors (Lipinski definition) is 2. The fraction of sp³-hybridized carbons (Fsp3) is 0.143. The summed E-state index contributed by atoms with van der Waals surface area (Å²) in [6.07, 6.45) is 0.826. The van der Waals surface area contributed by atoms with Crippen LogP contribution in [-0.2, 0) is 6.42 Å². The molecular weight excluding hydrogens is 347 g/mol. The Morgan fingerprint density at radius 1 is 1.11 bits per heavy atom. The number of rotatable bonds is 4. The van der Waals surface area contributed by atoms with Gasteiger partial charge in [0.2, 0.25) is 0 Å². The van der Waals surface area contributed by atoms with Gasteiger partial charge in [-0.15, -0.1) is 0 Å². The SMILES string of the molecule is Nc1ccc(NCCc2ccc(Cl)cc2Cl)c(Br)c1. The van der Waals surface area contributed by atoms with Crippen LogP contribution in [-0.4, -0.2) is 6.54 Å². The Bertz CT molecular complexity index is 536. The topological polar surface area (TPSA) is 38.0 Å². The summed E-state index contributed by atoms with van der Waals surface area (Å²) >= 11 is 15.5. The molecule has 5 heteroatoms. The Labute approximate surface area is 131 Å². The predicted octanol–water partition coefficient (Wildman–Crippen LogP) is 4.99. The minimum atomic E-state index is 0.656. The highest BCUT2D eigenvalue weighted by atomic mass is 79.9. The summed E-state index contributed by atoms with van der Waals surface area (Å²) in [6.45, 7) is 0.782. The molecule has 0 aliphatic heterocycles. The monoisotopic (exact) mass is 358 g/mol. The van der Waals surface area contributed by atoms with Crippen LogP contribution >= 0.6 is 39.1 Å². The molecule has 0 heterocycles. The highest BCUT2D eigenvalue weighted by molar-refractivity contribution is 9.10. The van der Waals surface area contributed by atoms with Crippen LogP contribution in [0.3, 0.4) is 0 Å². The summed E-state index contributed by atoms with van der Waals surface area (Å²) in [6, 6.07) is 11.2. The fourth-order valence-corrected chi connectivity index (χ4v) is 2.77. The molecule has 0 radical (unpaired) electrons. The maximum Gasteiger partial charge on any atom is 0.0486 e. The third-order valence-electron chi connectivity index (χ3n) is 2.72. The minimum absolute atomic E-state index is 0.656. The molecule has 0 amide bonds. The number of anilines is 2. The van der Waals surface area contributed by atoms with Gasteiger partial charge in [0.1, 0.15) is 0 Å². The third kappa shape index (κ3) is 4.03. The highest BCUT2D eigenvalue weighted by Crippen LogP contribution is 2.25. The Kier molecular flexibility index (Phi) is 4.97. The zero-order valence-corrected chi connectivity index (χ0v) is 13.2. The molecule has 0 saturated carbocycles. The van der Waals surface area contributed by atoms with E-state index in [-0.39, 0.29) is 0 Å². The molecule has 2 nitrogen and oxygen atoms in total. The lowest BCUT2D eigenvalue weighted by molar-refractivity contribution is 1.02. The first kappa shape index (κ1) is 14.5. The van der Waals surface area contributed by atoms with Crippen LogP contribution < -0.4 is 11.1 Å². The predicted molar refractivity (Wildman–Crippen MR) is 87.2 cm³/mol. The molecule has 3 N–H and O–H groups in total. The molecule has 0 bridgehead atoms. The van der Waals surface area contributed by atoms with Crippen molar-refractivity contribution in [1.29, 1.82) is 0 Å². The van der Waals surface area contributed by atoms with E-state index in [9.17, 15) is 0 Å². The van der Waals surface area contributed by atoms with Gasteiger partial charge in [0.05, 0.1) is 0 Å². The van der Waals surface area contributed by atoms with Crippen LogP contribution in [0.25, 0.3) is 0 Å². The standard InChI is InChI=1S/C14H13BrCl2N2/c15-12-8-11(18)3-4-14(12)19-6-5-9-1-2-10(16)7-13(9)17/h1-4,7-8,19H,5-6,18H2. The second-order valence-corrected chi connectivity index (χ2v) is 5.85. The van der Waals surface area contributed by atoms with Gasteiger partial charge in [0, 0.05) is 32.4 Å². The van der Waals surface area contributed by atoms with Crippen molar-refractivity contribution in [3.05, 3.63) is 56.5 Å². The van der Waals surface area contributed by atoms with E-state index in [0.29, 0.717) is 10.0 Å². The van der Waals surface area contributed by atoms with Crippen molar-refractivity contribution in [2.24, 2.45) is 0 Å². The van der Waals surface area contributed by atoms with E-state index in [1.54, 1.807) is 6.07 Å². The van der Waals surface area contributed by atoms with Gasteiger partial charge in [-0.3, -0.25) is 0 Å². The number of benzene rings is 2. The lowest BCUT2D eigenvalue weighted by Crippen LogP contribution is -2.06. The van der Waals surface area contributed by atoms with Crippen LogP contribution in [0.5, 0.6) is 0 Å². The first-order valence-electron chi connectivity index (χ1n) is 5.79. The van der Waals surface area contributed by atoms with Gasteiger partial charge in [-0.05, 0) is 58.2 Å². The Morgan fingerprint density at radius 3 is 2.58 bits per heavy atom. The van der Waals surface area contributed by atoms with Crippen molar-refractivity contribution >= 4 is 50.5 Å². The third-order valence-corrected chi connectivity index (χ3v) is 3.96. The first-order chi connectivity index (χ1) is 9.06. The van der Waals surface area contributed by atoms with Gasteiger partial charge in [0.25, 0.3) is 0 Å². The van der Waals surface area contributed by atoms with E-state index in [1.165, 1.54) is 0 Å². The molecule has 0 fully saturated rings. The second kappa shape index (κ2) is 6.51. The number of nitrogens with two attached hydrogens (primary N) is 1. The van der Waals surface area contributed by atoms with Gasteiger partial charge in [-0.2, -0.15) is 0 Å². The molecule has 0 aromatic heterocycles. The van der Waals surface area contributed by atoms with E-state index in [4.69, 9.17) is 28.9 Å². The van der Waals surface area contributed by atoms with Crippen LogP contribution in [0.4, 0.5) is 11.4 Å². The van der Waals surface area contributed by atoms with Gasteiger partial charge >= 0.3 is 0 Å². The van der Waals surface area contributed by atoms with E-state index in [2.05, 4.69) is 21.2 Å². The Hall–Kier alpha value is -0.900. The van der Waals surface area contributed by atoms with Crippen LogP contribution in [0.15, 0.2) is 40.9 Å². The molecular formula is C14H13BrCl2N2. The van der Waals surface area contributed by atoms with Crippen LogP contribution in [0.1, 0.15) is 5.56 Å². The minimum Gasteiger partial charge on any atom is -0.399 e. The van der Waals surface area contributed by atoms with Crippen molar-refractivity contribution in [1.82, 2.24) is 0 Å². The van der Waals surface area contributed by atoms with Crippen molar-refractivity contribution < 1.29 is 0 Å². The van der Waals surface area contributed by atoms with Gasteiger partial charge in [0.15, 0.2) is 0 Å². The summed E-state index contributed by atoms with van der Waals surface area (Å²) in [5.74, 6) is 0. The maximum atomic E-state index is 6.13. The van der Waals surface area contributed by atoms with Crippen LogP contribution in [0.2, 0.25) is 10.0 Å². The highest BCUT2D eigenvalue weighted by Gasteiger charge is 2.03. The van der Waals surface area contributed by atoms with E-state index < -0.39 is 0 Å². The number of nitrogen functional groups attached to an aromatic ring is 1. The van der Waals surface area contributed by atoms with Crippen molar-refractivity contribution in [3.63, 3.8) is 0 Å². The molecule has 2 rings (SSSR count). The largest absolute Gasteiger partial charge is 0.399 e. The Morgan fingerprint density at radius 2 is 1.89 bits per heavy atom.